The van der Waals surface area contributed by atoms with E-state index in [0.717, 1.165) is 5.56 Å². The van der Waals surface area contributed by atoms with E-state index in [-0.39, 0.29) is 12.0 Å². The lowest BCUT2D eigenvalue weighted by Crippen LogP contribution is -2.36. The average molecular weight is 231 g/mol. The number of benzene rings is 1. The molecule has 1 aliphatic carbocycles. The van der Waals surface area contributed by atoms with Gasteiger partial charge in [-0.3, -0.25) is 4.79 Å². The van der Waals surface area contributed by atoms with Crippen molar-refractivity contribution in [2.45, 2.75) is 25.6 Å². The topological polar surface area (TPSA) is 70.3 Å². The van der Waals surface area contributed by atoms with E-state index < -0.39 is 5.97 Å². The summed E-state index contributed by atoms with van der Waals surface area (Å²) in [5.41, 5.74) is 1.63. The zero-order chi connectivity index (χ0) is 12.3. The van der Waals surface area contributed by atoms with E-state index in [4.69, 9.17) is 15.1 Å². The maximum atomic E-state index is 10.6. The van der Waals surface area contributed by atoms with E-state index in [9.17, 15) is 4.79 Å². The summed E-state index contributed by atoms with van der Waals surface area (Å²) < 4.78 is 5.57. The van der Waals surface area contributed by atoms with Crippen LogP contribution in [0.15, 0.2) is 24.3 Å². The third kappa shape index (κ3) is 2.83. The summed E-state index contributed by atoms with van der Waals surface area (Å²) in [5, 5.41) is 17.3. The van der Waals surface area contributed by atoms with Crippen molar-refractivity contribution in [2.24, 2.45) is 5.92 Å². The number of ether oxygens (including phenoxy) is 1. The second-order valence-electron chi connectivity index (χ2n) is 4.25. The first-order chi connectivity index (χ1) is 8.19. The normalized spacial score (nSPS) is 22.5. The first kappa shape index (κ1) is 11.6. The molecule has 17 heavy (non-hydrogen) atoms. The molecule has 0 radical (unpaired) electrons. The Hall–Kier alpha value is -1.86. The van der Waals surface area contributed by atoms with Crippen LogP contribution in [0.5, 0.6) is 0 Å². The van der Waals surface area contributed by atoms with Crippen LogP contribution in [0.4, 0.5) is 0 Å². The first-order valence-electron chi connectivity index (χ1n) is 5.52. The van der Waals surface area contributed by atoms with Gasteiger partial charge in [-0.1, -0.05) is 12.1 Å². The highest BCUT2D eigenvalue weighted by Crippen LogP contribution is 2.30. The highest BCUT2D eigenvalue weighted by atomic mass is 16.5. The van der Waals surface area contributed by atoms with Crippen molar-refractivity contribution in [1.82, 2.24) is 0 Å². The lowest BCUT2D eigenvalue weighted by atomic mass is 9.82. The van der Waals surface area contributed by atoms with Crippen molar-refractivity contribution in [1.29, 1.82) is 5.26 Å². The molecule has 0 unspecified atom stereocenters. The molecule has 88 valence electrons. The summed E-state index contributed by atoms with van der Waals surface area (Å²) in [4.78, 5) is 10.6. The fourth-order valence-corrected chi connectivity index (χ4v) is 1.79. The van der Waals surface area contributed by atoms with Crippen LogP contribution in [0.3, 0.4) is 0 Å². The molecule has 0 amide bonds. The number of carbonyl (C=O) groups is 1. The Labute approximate surface area is 99.4 Å². The molecule has 4 heteroatoms. The predicted octanol–water partition coefficient (Wildman–Crippen LogP) is 1.94. The lowest BCUT2D eigenvalue weighted by Gasteiger charge is -2.32. The number of nitrogens with zero attached hydrogens (tertiary/aromatic N) is 1. The van der Waals surface area contributed by atoms with Crippen LogP contribution in [0.25, 0.3) is 0 Å². The van der Waals surface area contributed by atoms with Crippen LogP contribution in [-0.4, -0.2) is 17.2 Å². The van der Waals surface area contributed by atoms with Crippen molar-refractivity contribution >= 4 is 5.97 Å². The summed E-state index contributed by atoms with van der Waals surface area (Å²) in [7, 11) is 0. The van der Waals surface area contributed by atoms with Gasteiger partial charge in [-0.2, -0.15) is 5.26 Å². The number of hydrogen-bond donors (Lipinski definition) is 1. The van der Waals surface area contributed by atoms with Gasteiger partial charge in [-0.05, 0) is 30.5 Å². The molecule has 0 atom stereocenters. The minimum atomic E-state index is -0.733. The molecule has 0 heterocycles. The number of carboxylic acids is 1. The van der Waals surface area contributed by atoms with E-state index in [2.05, 4.69) is 6.07 Å². The zero-order valence-corrected chi connectivity index (χ0v) is 9.30. The molecule has 0 spiro atoms. The molecule has 1 aromatic carbocycles. The maximum absolute atomic E-state index is 10.6. The minimum absolute atomic E-state index is 0.0618. The van der Waals surface area contributed by atoms with Gasteiger partial charge in [0.15, 0.2) is 0 Å². The highest BCUT2D eigenvalue weighted by molar-refractivity contribution is 5.71. The van der Waals surface area contributed by atoms with Gasteiger partial charge >= 0.3 is 5.97 Å². The van der Waals surface area contributed by atoms with E-state index in [1.165, 1.54) is 0 Å². The van der Waals surface area contributed by atoms with Crippen molar-refractivity contribution in [2.75, 3.05) is 0 Å². The Morgan fingerprint density at radius 1 is 1.41 bits per heavy atom. The predicted molar refractivity (Wildman–Crippen MR) is 60.1 cm³/mol. The van der Waals surface area contributed by atoms with Crippen LogP contribution < -0.4 is 0 Å². The van der Waals surface area contributed by atoms with Gasteiger partial charge in [-0.15, -0.1) is 0 Å². The van der Waals surface area contributed by atoms with Crippen molar-refractivity contribution in [3.63, 3.8) is 0 Å². The van der Waals surface area contributed by atoms with Gasteiger partial charge < -0.3 is 9.84 Å². The molecular formula is C13H13NO3. The average Bonchev–Trinajstić information content (AvgIpc) is 2.27. The van der Waals surface area contributed by atoms with Gasteiger partial charge in [0.25, 0.3) is 0 Å². The molecule has 0 saturated heterocycles. The Morgan fingerprint density at radius 3 is 2.59 bits per heavy atom. The lowest BCUT2D eigenvalue weighted by molar-refractivity contribution is -0.151. The van der Waals surface area contributed by atoms with Gasteiger partial charge in [0, 0.05) is 0 Å². The summed E-state index contributed by atoms with van der Waals surface area (Å²) in [6.07, 6.45) is 1.27. The molecular weight excluding hydrogens is 218 g/mol. The molecule has 1 saturated carbocycles. The van der Waals surface area contributed by atoms with Gasteiger partial charge in [-0.25, -0.2) is 0 Å². The Kier molecular flexibility index (Phi) is 3.40. The van der Waals surface area contributed by atoms with Crippen LogP contribution >= 0.6 is 0 Å². The second kappa shape index (κ2) is 4.98. The molecule has 0 aromatic heterocycles. The molecule has 1 N–H and O–H groups in total. The molecule has 2 rings (SSSR count). The smallest absolute Gasteiger partial charge is 0.306 e. The van der Waals surface area contributed by atoms with Crippen LogP contribution in [0, 0.1) is 17.2 Å². The van der Waals surface area contributed by atoms with Crippen LogP contribution in [0.1, 0.15) is 24.0 Å². The number of aliphatic carboxylic acids is 1. The summed E-state index contributed by atoms with van der Waals surface area (Å²) in [6, 6.07) is 9.26. The summed E-state index contributed by atoms with van der Waals surface area (Å²) in [6.45, 7) is 0.475. The van der Waals surface area contributed by atoms with E-state index in [1.807, 2.05) is 12.1 Å². The first-order valence-corrected chi connectivity index (χ1v) is 5.52. The van der Waals surface area contributed by atoms with Crippen molar-refractivity contribution in [3.05, 3.63) is 35.4 Å². The van der Waals surface area contributed by atoms with Crippen LogP contribution in [-0.2, 0) is 16.1 Å². The number of carboxylic acid groups (broad SMARTS) is 1. The third-order valence-electron chi connectivity index (χ3n) is 3.01. The van der Waals surface area contributed by atoms with Crippen LogP contribution in [0.2, 0.25) is 0 Å². The minimum Gasteiger partial charge on any atom is -0.481 e. The Balaban J connectivity index is 1.76. The molecule has 0 bridgehead atoms. The summed E-state index contributed by atoms with van der Waals surface area (Å²) in [5.74, 6) is -0.968. The maximum Gasteiger partial charge on any atom is 0.306 e. The fraction of sp³-hybridized carbons (Fsp3) is 0.385. The van der Waals surface area contributed by atoms with Gasteiger partial charge in [0.2, 0.25) is 0 Å². The quantitative estimate of drug-likeness (QED) is 0.859. The zero-order valence-electron chi connectivity index (χ0n) is 9.30. The highest BCUT2D eigenvalue weighted by Gasteiger charge is 2.34. The largest absolute Gasteiger partial charge is 0.481 e. The van der Waals surface area contributed by atoms with E-state index in [1.54, 1.807) is 12.1 Å². The Bertz CT molecular complexity index is 441. The standard InChI is InChI=1S/C13H13NO3/c14-7-9-1-3-10(4-2-9)8-17-12-5-11(6-12)13(15)16/h1-4,11-12H,5-6,8H2,(H,15,16). The molecule has 0 aliphatic heterocycles. The summed E-state index contributed by atoms with van der Waals surface area (Å²) >= 11 is 0. The molecule has 4 nitrogen and oxygen atoms in total. The monoisotopic (exact) mass is 231 g/mol. The van der Waals surface area contributed by atoms with E-state index >= 15 is 0 Å². The molecule has 1 aliphatic rings. The van der Waals surface area contributed by atoms with E-state index in [0.29, 0.717) is 25.0 Å². The number of nitriles is 1. The second-order valence-corrected chi connectivity index (χ2v) is 4.25. The van der Waals surface area contributed by atoms with Crippen molar-refractivity contribution in [3.8, 4) is 6.07 Å². The number of rotatable bonds is 4. The molecule has 1 aromatic rings. The van der Waals surface area contributed by atoms with Gasteiger partial charge in [0.05, 0.1) is 30.3 Å². The van der Waals surface area contributed by atoms with Gasteiger partial charge in [0.1, 0.15) is 0 Å². The third-order valence-corrected chi connectivity index (χ3v) is 3.01. The van der Waals surface area contributed by atoms with Crippen molar-refractivity contribution < 1.29 is 14.6 Å². The number of hydrogen-bond acceptors (Lipinski definition) is 3. The SMILES string of the molecule is N#Cc1ccc(COC2CC(C(=O)O)C2)cc1. The fourth-order valence-electron chi connectivity index (χ4n) is 1.79. The Morgan fingerprint density at radius 2 is 2.06 bits per heavy atom. The molecule has 1 fully saturated rings.